The lowest BCUT2D eigenvalue weighted by molar-refractivity contribution is 0.148. The van der Waals surface area contributed by atoms with Gasteiger partial charge in [-0.25, -0.2) is 0 Å². The van der Waals surface area contributed by atoms with E-state index in [1.54, 1.807) is 0 Å². The second kappa shape index (κ2) is 3.56. The molecule has 0 fully saturated rings. The van der Waals surface area contributed by atoms with Gasteiger partial charge < -0.3 is 4.84 Å². The molecule has 0 saturated heterocycles. The largest absolute Gasteiger partial charge is 0.380 e. The number of hydrogen-bond acceptors (Lipinski definition) is 3. The molecule has 0 spiro atoms. The summed E-state index contributed by atoms with van der Waals surface area (Å²) in [5, 5.41) is 3.81. The molecule has 0 aliphatic carbocycles. The highest BCUT2D eigenvalue weighted by Gasteiger charge is 2.14. The van der Waals surface area contributed by atoms with Gasteiger partial charge in [0.15, 0.2) is 6.73 Å². The Morgan fingerprint density at radius 2 is 2.00 bits per heavy atom. The van der Waals surface area contributed by atoms with Crippen LogP contribution in [0, 0.1) is 5.41 Å². The average molecular weight is 144 g/mol. The van der Waals surface area contributed by atoms with Gasteiger partial charge in [-0.2, -0.15) is 0 Å². The average Bonchev–Trinajstić information content (AvgIpc) is 1.80. The number of oxime groups is 1. The van der Waals surface area contributed by atoms with E-state index in [0.29, 0.717) is 0 Å². The van der Waals surface area contributed by atoms with Crippen LogP contribution >= 0.6 is 0 Å². The molecule has 3 heteroatoms. The van der Waals surface area contributed by atoms with Gasteiger partial charge in [0.05, 0.1) is 5.71 Å². The predicted molar refractivity (Wildman–Crippen MR) is 42.7 cm³/mol. The summed E-state index contributed by atoms with van der Waals surface area (Å²) in [4.78, 5) is 4.69. The smallest absolute Gasteiger partial charge is 0.165 e. The number of nitrogens with zero attached hydrogens (tertiary/aromatic N) is 1. The van der Waals surface area contributed by atoms with E-state index in [-0.39, 0.29) is 12.1 Å². The SMILES string of the molecule is C/C(=N\OCN)C(C)(C)C. The fourth-order valence-electron chi connectivity index (χ4n) is 0.271. The standard InChI is InChI=1S/C7H16N2O/c1-6(7(2,3)4)9-10-5-8/h5,8H2,1-4H3/b9-6+. The molecule has 10 heavy (non-hydrogen) atoms. The van der Waals surface area contributed by atoms with Crippen molar-refractivity contribution < 1.29 is 4.84 Å². The van der Waals surface area contributed by atoms with Gasteiger partial charge in [0, 0.05) is 5.41 Å². The Bertz CT molecular complexity index is 124. The van der Waals surface area contributed by atoms with Crippen LogP contribution in [-0.2, 0) is 4.84 Å². The second-order valence-electron chi connectivity index (χ2n) is 3.22. The molecule has 0 amide bonds. The molecule has 0 aromatic heterocycles. The zero-order chi connectivity index (χ0) is 8.20. The quantitative estimate of drug-likeness (QED) is 0.361. The molecule has 0 unspecified atom stereocenters. The van der Waals surface area contributed by atoms with Gasteiger partial charge in [-0.15, -0.1) is 0 Å². The van der Waals surface area contributed by atoms with E-state index in [2.05, 4.69) is 30.8 Å². The predicted octanol–water partition coefficient (Wildman–Crippen LogP) is 1.34. The van der Waals surface area contributed by atoms with Crippen molar-refractivity contribution in [3.05, 3.63) is 0 Å². The van der Waals surface area contributed by atoms with Gasteiger partial charge in [0.2, 0.25) is 0 Å². The molecule has 3 nitrogen and oxygen atoms in total. The third-order valence-corrected chi connectivity index (χ3v) is 1.36. The van der Waals surface area contributed by atoms with Crippen LogP contribution in [0.5, 0.6) is 0 Å². The van der Waals surface area contributed by atoms with E-state index in [0.717, 1.165) is 5.71 Å². The van der Waals surface area contributed by atoms with Crippen LogP contribution in [0.15, 0.2) is 5.16 Å². The lowest BCUT2D eigenvalue weighted by atomic mass is 9.91. The first-order valence-electron chi connectivity index (χ1n) is 3.35. The molecule has 0 aliphatic rings. The van der Waals surface area contributed by atoms with E-state index >= 15 is 0 Å². The van der Waals surface area contributed by atoms with Crippen LogP contribution in [0.3, 0.4) is 0 Å². The Balaban J connectivity index is 3.93. The van der Waals surface area contributed by atoms with Crippen molar-refractivity contribution in [3.8, 4) is 0 Å². The lowest BCUT2D eigenvalue weighted by Gasteiger charge is -2.16. The van der Waals surface area contributed by atoms with Crippen molar-refractivity contribution in [3.63, 3.8) is 0 Å². The third kappa shape index (κ3) is 3.45. The van der Waals surface area contributed by atoms with Gasteiger partial charge in [0.1, 0.15) is 0 Å². The molecular weight excluding hydrogens is 128 g/mol. The molecule has 2 N–H and O–H groups in total. The van der Waals surface area contributed by atoms with Crippen molar-refractivity contribution in [1.29, 1.82) is 0 Å². The second-order valence-corrected chi connectivity index (χ2v) is 3.22. The van der Waals surface area contributed by atoms with E-state index in [4.69, 9.17) is 5.73 Å². The number of hydrogen-bond donors (Lipinski definition) is 1. The Hall–Kier alpha value is -0.570. The zero-order valence-electron chi connectivity index (χ0n) is 7.14. The normalized spacial score (nSPS) is 13.5. The number of rotatable bonds is 2. The maximum absolute atomic E-state index is 5.09. The summed E-state index contributed by atoms with van der Waals surface area (Å²) in [5.74, 6) is 0. The molecule has 0 bridgehead atoms. The molecule has 60 valence electrons. The van der Waals surface area contributed by atoms with Crippen molar-refractivity contribution in [2.75, 3.05) is 6.73 Å². The minimum Gasteiger partial charge on any atom is -0.380 e. The van der Waals surface area contributed by atoms with Crippen LogP contribution in [0.2, 0.25) is 0 Å². The summed E-state index contributed by atoms with van der Waals surface area (Å²) in [6, 6.07) is 0. The fraction of sp³-hybridized carbons (Fsp3) is 0.857. The summed E-state index contributed by atoms with van der Waals surface area (Å²) in [6.45, 7) is 8.30. The molecule has 0 aromatic carbocycles. The Labute approximate surface area is 62.2 Å². The summed E-state index contributed by atoms with van der Waals surface area (Å²) in [5.41, 5.74) is 6.13. The minimum absolute atomic E-state index is 0.0785. The van der Waals surface area contributed by atoms with Crippen LogP contribution in [0.1, 0.15) is 27.7 Å². The fourth-order valence-corrected chi connectivity index (χ4v) is 0.271. The third-order valence-electron chi connectivity index (χ3n) is 1.36. The van der Waals surface area contributed by atoms with Crippen LogP contribution < -0.4 is 5.73 Å². The highest BCUT2D eigenvalue weighted by molar-refractivity contribution is 5.86. The summed E-state index contributed by atoms with van der Waals surface area (Å²) in [6.07, 6.45) is 0. The molecule has 0 aliphatic heterocycles. The summed E-state index contributed by atoms with van der Waals surface area (Å²) >= 11 is 0. The lowest BCUT2D eigenvalue weighted by Crippen LogP contribution is -2.17. The first kappa shape index (κ1) is 9.43. The van der Waals surface area contributed by atoms with Gasteiger partial charge in [-0.05, 0) is 6.92 Å². The molecule has 0 saturated carbocycles. The molecule has 0 radical (unpaired) electrons. The van der Waals surface area contributed by atoms with Crippen molar-refractivity contribution in [1.82, 2.24) is 0 Å². The molecule has 0 aromatic rings. The molecule has 0 atom stereocenters. The van der Waals surface area contributed by atoms with Crippen LogP contribution in [-0.4, -0.2) is 12.4 Å². The van der Waals surface area contributed by atoms with Crippen molar-refractivity contribution in [2.45, 2.75) is 27.7 Å². The van der Waals surface area contributed by atoms with E-state index in [1.807, 2.05) is 6.92 Å². The van der Waals surface area contributed by atoms with E-state index < -0.39 is 0 Å². The Kier molecular flexibility index (Phi) is 3.36. The molecule has 0 rings (SSSR count). The highest BCUT2D eigenvalue weighted by Crippen LogP contribution is 2.15. The van der Waals surface area contributed by atoms with Gasteiger partial charge >= 0.3 is 0 Å². The first-order valence-corrected chi connectivity index (χ1v) is 3.35. The van der Waals surface area contributed by atoms with Crippen molar-refractivity contribution in [2.24, 2.45) is 16.3 Å². The molecule has 0 heterocycles. The topological polar surface area (TPSA) is 47.6 Å². The minimum atomic E-state index is 0.0785. The van der Waals surface area contributed by atoms with Crippen LogP contribution in [0.25, 0.3) is 0 Å². The maximum Gasteiger partial charge on any atom is 0.165 e. The maximum atomic E-state index is 5.09. The highest BCUT2D eigenvalue weighted by atomic mass is 16.6. The Morgan fingerprint density at radius 3 is 2.30 bits per heavy atom. The van der Waals surface area contributed by atoms with E-state index in [9.17, 15) is 0 Å². The van der Waals surface area contributed by atoms with Gasteiger partial charge in [-0.3, -0.25) is 5.73 Å². The first-order chi connectivity index (χ1) is 4.48. The van der Waals surface area contributed by atoms with Gasteiger partial charge in [0.25, 0.3) is 0 Å². The number of nitrogens with two attached hydrogens (primary N) is 1. The van der Waals surface area contributed by atoms with E-state index in [1.165, 1.54) is 0 Å². The summed E-state index contributed by atoms with van der Waals surface area (Å²) in [7, 11) is 0. The van der Waals surface area contributed by atoms with Crippen LogP contribution in [0.4, 0.5) is 0 Å². The van der Waals surface area contributed by atoms with Gasteiger partial charge in [-0.1, -0.05) is 25.9 Å². The monoisotopic (exact) mass is 144 g/mol. The zero-order valence-corrected chi connectivity index (χ0v) is 7.14. The Morgan fingerprint density at radius 1 is 1.50 bits per heavy atom. The molecular formula is C7H16N2O. The van der Waals surface area contributed by atoms with Crippen molar-refractivity contribution >= 4 is 5.71 Å². The summed E-state index contributed by atoms with van der Waals surface area (Å²) < 4.78 is 0.